The van der Waals surface area contributed by atoms with Crippen LogP contribution < -0.4 is 9.61 Å². The van der Waals surface area contributed by atoms with E-state index in [0.717, 1.165) is 16.9 Å². The van der Waals surface area contributed by atoms with Gasteiger partial charge in [-0.15, -0.1) is 0 Å². The smallest absolute Gasteiger partial charge is 0.323 e. The lowest BCUT2D eigenvalue weighted by Crippen LogP contribution is -2.19. The number of thiazole rings is 1. The van der Waals surface area contributed by atoms with E-state index in [1.165, 1.54) is 4.57 Å². The number of rotatable bonds is 4. The molecule has 2 aromatic rings. The van der Waals surface area contributed by atoms with Crippen molar-refractivity contribution in [3.8, 4) is 17.0 Å². The van der Waals surface area contributed by atoms with E-state index >= 15 is 0 Å². The Kier molecular flexibility index (Phi) is 3.47. The molecule has 0 spiro atoms. The monoisotopic (exact) mass is 265 g/mol. The van der Waals surface area contributed by atoms with Crippen molar-refractivity contribution in [2.24, 2.45) is 0 Å². The zero-order valence-corrected chi connectivity index (χ0v) is 10.4. The van der Waals surface area contributed by atoms with Gasteiger partial charge in [-0.2, -0.15) is 0 Å². The number of aromatic nitrogens is 1. The molecule has 1 aromatic heterocycles. The van der Waals surface area contributed by atoms with Crippen molar-refractivity contribution in [3.63, 3.8) is 0 Å². The standard InChI is InChI=1S/C12H11NO4S/c1-17-9-4-2-3-8(5-9)10-7-18-12(16)13(10)6-11(14)15/h2-5,7H,6H2,1H3,(H,14,15). The fourth-order valence-corrected chi connectivity index (χ4v) is 2.39. The lowest BCUT2D eigenvalue weighted by molar-refractivity contribution is -0.137. The molecule has 18 heavy (non-hydrogen) atoms. The predicted octanol–water partition coefficient (Wildman–Crippen LogP) is 1.67. The number of methoxy groups -OCH3 is 1. The van der Waals surface area contributed by atoms with Crippen LogP contribution in [-0.2, 0) is 11.3 Å². The molecule has 94 valence electrons. The minimum Gasteiger partial charge on any atom is -0.497 e. The van der Waals surface area contributed by atoms with Crippen LogP contribution in [0.5, 0.6) is 5.75 Å². The average Bonchev–Trinajstić information content (AvgIpc) is 2.71. The van der Waals surface area contributed by atoms with E-state index in [0.29, 0.717) is 11.4 Å². The summed E-state index contributed by atoms with van der Waals surface area (Å²) >= 11 is 0.985. The molecule has 0 atom stereocenters. The van der Waals surface area contributed by atoms with Gasteiger partial charge < -0.3 is 9.84 Å². The fourth-order valence-electron chi connectivity index (χ4n) is 1.62. The molecule has 6 heteroatoms. The molecule has 0 radical (unpaired) electrons. The Bertz CT molecular complexity index is 629. The molecule has 0 bridgehead atoms. The maximum absolute atomic E-state index is 11.6. The number of carboxylic acids is 1. The molecule has 0 fully saturated rings. The van der Waals surface area contributed by atoms with Crippen LogP contribution in [0.25, 0.3) is 11.3 Å². The van der Waals surface area contributed by atoms with E-state index in [2.05, 4.69) is 0 Å². The number of hydrogen-bond acceptors (Lipinski definition) is 4. The van der Waals surface area contributed by atoms with Crippen molar-refractivity contribution in [3.05, 3.63) is 39.3 Å². The van der Waals surface area contributed by atoms with Crippen LogP contribution in [0.15, 0.2) is 34.4 Å². The summed E-state index contributed by atoms with van der Waals surface area (Å²) in [6.45, 7) is -0.338. The van der Waals surface area contributed by atoms with Crippen molar-refractivity contribution < 1.29 is 14.6 Å². The number of nitrogens with zero attached hydrogens (tertiary/aromatic N) is 1. The van der Waals surface area contributed by atoms with Crippen LogP contribution in [0.3, 0.4) is 0 Å². The summed E-state index contributed by atoms with van der Waals surface area (Å²) in [4.78, 5) is 22.1. The first-order valence-corrected chi connectivity index (χ1v) is 6.04. The molecular weight excluding hydrogens is 254 g/mol. The summed E-state index contributed by atoms with van der Waals surface area (Å²) in [5, 5.41) is 10.5. The van der Waals surface area contributed by atoms with Gasteiger partial charge in [0.25, 0.3) is 0 Å². The Labute approximate surface area is 107 Å². The Morgan fingerprint density at radius 2 is 2.28 bits per heavy atom. The number of aliphatic carboxylic acids is 1. The molecule has 0 amide bonds. The lowest BCUT2D eigenvalue weighted by atomic mass is 10.1. The van der Waals surface area contributed by atoms with Crippen molar-refractivity contribution in [2.45, 2.75) is 6.54 Å². The van der Waals surface area contributed by atoms with Crippen LogP contribution in [-0.4, -0.2) is 22.8 Å². The highest BCUT2D eigenvalue weighted by atomic mass is 32.1. The largest absolute Gasteiger partial charge is 0.497 e. The van der Waals surface area contributed by atoms with E-state index in [1.54, 1.807) is 30.7 Å². The van der Waals surface area contributed by atoms with Gasteiger partial charge in [0.2, 0.25) is 0 Å². The van der Waals surface area contributed by atoms with Gasteiger partial charge in [0.05, 0.1) is 12.8 Å². The van der Waals surface area contributed by atoms with Gasteiger partial charge in [-0.1, -0.05) is 23.5 Å². The second kappa shape index (κ2) is 5.05. The fraction of sp³-hybridized carbons (Fsp3) is 0.167. The van der Waals surface area contributed by atoms with Crippen LogP contribution in [0, 0.1) is 0 Å². The summed E-state index contributed by atoms with van der Waals surface area (Å²) in [7, 11) is 1.55. The first-order valence-electron chi connectivity index (χ1n) is 5.16. The molecule has 0 saturated carbocycles. The van der Waals surface area contributed by atoms with Gasteiger partial charge in [0.1, 0.15) is 12.3 Å². The topological polar surface area (TPSA) is 68.5 Å². The summed E-state index contributed by atoms with van der Waals surface area (Å²) in [6.07, 6.45) is 0. The molecule has 0 aliphatic rings. The number of hydrogen-bond donors (Lipinski definition) is 1. The van der Waals surface area contributed by atoms with E-state index in [-0.39, 0.29) is 11.4 Å². The molecule has 1 N–H and O–H groups in total. The summed E-state index contributed by atoms with van der Waals surface area (Å²) in [5.74, 6) is -0.382. The second-order valence-electron chi connectivity index (χ2n) is 3.60. The Hall–Kier alpha value is -2.08. The van der Waals surface area contributed by atoms with Crippen LogP contribution in [0.1, 0.15) is 0 Å². The van der Waals surface area contributed by atoms with Gasteiger partial charge in [-0.25, -0.2) is 0 Å². The number of carboxylic acid groups (broad SMARTS) is 1. The zero-order valence-electron chi connectivity index (χ0n) is 9.62. The third-order valence-electron chi connectivity index (χ3n) is 2.44. The maximum atomic E-state index is 11.6. The second-order valence-corrected chi connectivity index (χ2v) is 4.42. The Balaban J connectivity index is 2.50. The Morgan fingerprint density at radius 1 is 1.50 bits per heavy atom. The molecule has 2 rings (SSSR count). The first kappa shape index (κ1) is 12.4. The molecular formula is C12H11NO4S. The molecule has 0 unspecified atom stereocenters. The van der Waals surface area contributed by atoms with E-state index in [1.807, 2.05) is 6.07 Å². The van der Waals surface area contributed by atoms with Crippen molar-refractivity contribution >= 4 is 17.3 Å². The number of ether oxygens (including phenoxy) is 1. The maximum Gasteiger partial charge on any atom is 0.323 e. The molecule has 1 aromatic carbocycles. The van der Waals surface area contributed by atoms with Gasteiger partial charge in [-0.3, -0.25) is 14.2 Å². The van der Waals surface area contributed by atoms with E-state index in [4.69, 9.17) is 9.84 Å². The predicted molar refractivity (Wildman–Crippen MR) is 68.2 cm³/mol. The number of benzene rings is 1. The number of carbonyl (C=O) groups is 1. The highest BCUT2D eigenvalue weighted by Gasteiger charge is 2.12. The quantitative estimate of drug-likeness (QED) is 0.913. The van der Waals surface area contributed by atoms with Gasteiger partial charge in [-0.05, 0) is 12.1 Å². The normalized spacial score (nSPS) is 10.3. The van der Waals surface area contributed by atoms with Gasteiger partial charge >= 0.3 is 10.8 Å². The minimum atomic E-state index is -1.04. The summed E-state index contributed by atoms with van der Waals surface area (Å²) in [6, 6.07) is 7.15. The van der Waals surface area contributed by atoms with Gasteiger partial charge in [0.15, 0.2) is 0 Å². The highest BCUT2D eigenvalue weighted by molar-refractivity contribution is 7.07. The molecule has 1 heterocycles. The van der Waals surface area contributed by atoms with Gasteiger partial charge in [0, 0.05) is 10.9 Å². The van der Waals surface area contributed by atoms with E-state index in [9.17, 15) is 9.59 Å². The van der Waals surface area contributed by atoms with Crippen LogP contribution >= 0.6 is 11.3 Å². The first-order chi connectivity index (χ1) is 8.61. The van der Waals surface area contributed by atoms with Crippen LogP contribution in [0.4, 0.5) is 0 Å². The summed E-state index contributed by atoms with van der Waals surface area (Å²) < 4.78 is 6.34. The van der Waals surface area contributed by atoms with E-state index < -0.39 is 5.97 Å². The average molecular weight is 265 g/mol. The molecule has 0 aliphatic carbocycles. The lowest BCUT2D eigenvalue weighted by Gasteiger charge is -2.06. The summed E-state index contributed by atoms with van der Waals surface area (Å²) in [5.41, 5.74) is 1.35. The molecule has 5 nitrogen and oxygen atoms in total. The van der Waals surface area contributed by atoms with Crippen molar-refractivity contribution in [1.29, 1.82) is 0 Å². The third kappa shape index (κ3) is 2.43. The van der Waals surface area contributed by atoms with Crippen LogP contribution in [0.2, 0.25) is 0 Å². The SMILES string of the molecule is COc1cccc(-c2csc(=O)n2CC(=O)O)c1. The molecule has 0 saturated heterocycles. The highest BCUT2D eigenvalue weighted by Crippen LogP contribution is 2.24. The minimum absolute atomic E-state index is 0.282. The molecule has 0 aliphatic heterocycles. The Morgan fingerprint density at radius 3 is 2.94 bits per heavy atom. The third-order valence-corrected chi connectivity index (χ3v) is 3.20. The zero-order chi connectivity index (χ0) is 13.1. The van der Waals surface area contributed by atoms with Crippen molar-refractivity contribution in [1.82, 2.24) is 4.57 Å². The van der Waals surface area contributed by atoms with Crippen molar-refractivity contribution in [2.75, 3.05) is 7.11 Å².